The SMILES string of the molecule is CS(=O)(=O)c1ccccc1C(=O)Nc1nc2ccccc2s1. The molecule has 5 nitrogen and oxygen atoms in total. The van der Waals surface area contributed by atoms with Gasteiger partial charge in [-0.15, -0.1) is 0 Å². The molecule has 1 aromatic heterocycles. The Balaban J connectivity index is 1.95. The number of rotatable bonds is 3. The van der Waals surface area contributed by atoms with Crippen molar-refractivity contribution in [3.05, 3.63) is 54.1 Å². The van der Waals surface area contributed by atoms with E-state index in [4.69, 9.17) is 0 Å². The lowest BCUT2D eigenvalue weighted by molar-refractivity contribution is 0.102. The maximum atomic E-state index is 12.3. The van der Waals surface area contributed by atoms with Gasteiger partial charge in [0.25, 0.3) is 5.91 Å². The largest absolute Gasteiger partial charge is 0.298 e. The van der Waals surface area contributed by atoms with E-state index in [1.165, 1.54) is 23.5 Å². The second-order valence-corrected chi connectivity index (χ2v) is 7.72. The lowest BCUT2D eigenvalue weighted by Crippen LogP contribution is -2.15. The van der Waals surface area contributed by atoms with E-state index in [0.717, 1.165) is 16.5 Å². The van der Waals surface area contributed by atoms with Crippen LogP contribution in [0, 0.1) is 0 Å². The maximum absolute atomic E-state index is 12.3. The van der Waals surface area contributed by atoms with Crippen LogP contribution in [0.2, 0.25) is 0 Å². The molecule has 0 spiro atoms. The molecule has 1 amide bonds. The molecular weight excluding hydrogens is 320 g/mol. The van der Waals surface area contributed by atoms with Crippen LogP contribution < -0.4 is 5.32 Å². The van der Waals surface area contributed by atoms with E-state index in [0.29, 0.717) is 5.13 Å². The summed E-state index contributed by atoms with van der Waals surface area (Å²) in [5.74, 6) is -0.486. The van der Waals surface area contributed by atoms with E-state index < -0.39 is 15.7 Å². The van der Waals surface area contributed by atoms with E-state index in [1.54, 1.807) is 12.1 Å². The highest BCUT2D eigenvalue weighted by Gasteiger charge is 2.19. The molecule has 7 heteroatoms. The van der Waals surface area contributed by atoms with E-state index in [9.17, 15) is 13.2 Å². The Labute approximate surface area is 131 Å². The first-order valence-corrected chi connectivity index (χ1v) is 9.12. The molecule has 0 saturated heterocycles. The predicted molar refractivity (Wildman–Crippen MR) is 87.1 cm³/mol. The van der Waals surface area contributed by atoms with Gasteiger partial charge >= 0.3 is 0 Å². The van der Waals surface area contributed by atoms with Gasteiger partial charge in [0.05, 0.1) is 20.7 Å². The maximum Gasteiger partial charge on any atom is 0.258 e. The average molecular weight is 332 g/mol. The quantitative estimate of drug-likeness (QED) is 0.800. The molecular formula is C15H12N2O3S2. The Bertz CT molecular complexity index is 929. The van der Waals surface area contributed by atoms with Crippen LogP contribution in [0.3, 0.4) is 0 Å². The monoisotopic (exact) mass is 332 g/mol. The van der Waals surface area contributed by atoms with Crippen LogP contribution >= 0.6 is 11.3 Å². The summed E-state index contributed by atoms with van der Waals surface area (Å²) in [7, 11) is -3.47. The minimum Gasteiger partial charge on any atom is -0.298 e. The van der Waals surface area contributed by atoms with Crippen LogP contribution in [-0.4, -0.2) is 25.6 Å². The van der Waals surface area contributed by atoms with Crippen molar-refractivity contribution in [2.45, 2.75) is 4.90 Å². The van der Waals surface area contributed by atoms with Crippen LogP contribution in [0.1, 0.15) is 10.4 Å². The number of hydrogen-bond donors (Lipinski definition) is 1. The third-order valence-corrected chi connectivity index (χ3v) is 5.15. The Hall–Kier alpha value is -2.25. The van der Waals surface area contributed by atoms with Gasteiger partial charge in [-0.2, -0.15) is 0 Å². The Morgan fingerprint density at radius 3 is 2.50 bits per heavy atom. The molecule has 0 aliphatic rings. The van der Waals surface area contributed by atoms with Gasteiger partial charge in [0, 0.05) is 6.26 Å². The first-order valence-electron chi connectivity index (χ1n) is 6.41. The molecule has 0 radical (unpaired) electrons. The summed E-state index contributed by atoms with van der Waals surface area (Å²) in [5, 5.41) is 3.10. The van der Waals surface area contributed by atoms with Crippen LogP contribution in [0.4, 0.5) is 5.13 Å². The highest BCUT2D eigenvalue weighted by atomic mass is 32.2. The van der Waals surface area contributed by atoms with Crippen LogP contribution in [0.25, 0.3) is 10.2 Å². The van der Waals surface area contributed by atoms with Crippen molar-refractivity contribution in [1.29, 1.82) is 0 Å². The third kappa shape index (κ3) is 2.86. The number of anilines is 1. The number of nitrogens with one attached hydrogen (secondary N) is 1. The number of aromatic nitrogens is 1. The first kappa shape index (κ1) is 14.7. The molecule has 2 aromatic carbocycles. The van der Waals surface area contributed by atoms with Gasteiger partial charge in [0.2, 0.25) is 0 Å². The highest BCUT2D eigenvalue weighted by molar-refractivity contribution is 7.90. The number of benzene rings is 2. The Morgan fingerprint density at radius 2 is 1.77 bits per heavy atom. The van der Waals surface area contributed by atoms with Crippen LogP contribution in [0.5, 0.6) is 0 Å². The molecule has 0 aliphatic carbocycles. The lowest BCUT2D eigenvalue weighted by atomic mass is 10.2. The van der Waals surface area contributed by atoms with E-state index in [-0.39, 0.29) is 10.5 Å². The normalized spacial score (nSPS) is 11.5. The summed E-state index contributed by atoms with van der Waals surface area (Å²) >= 11 is 1.34. The smallest absolute Gasteiger partial charge is 0.258 e. The molecule has 3 rings (SSSR count). The number of nitrogens with zero attached hydrogens (tertiary/aromatic N) is 1. The van der Waals surface area contributed by atoms with Gasteiger partial charge in [0.1, 0.15) is 0 Å². The molecule has 1 N–H and O–H groups in total. The fraction of sp³-hybridized carbons (Fsp3) is 0.0667. The van der Waals surface area contributed by atoms with Crippen LogP contribution in [-0.2, 0) is 9.84 Å². The summed E-state index contributed by atoms with van der Waals surface area (Å²) < 4.78 is 24.5. The number of carbonyl (C=O) groups is 1. The number of para-hydroxylation sites is 1. The number of fused-ring (bicyclic) bond motifs is 1. The Morgan fingerprint density at radius 1 is 1.09 bits per heavy atom. The van der Waals surface area contributed by atoms with Gasteiger partial charge in [0.15, 0.2) is 15.0 Å². The van der Waals surface area contributed by atoms with Crippen molar-refractivity contribution in [2.75, 3.05) is 11.6 Å². The fourth-order valence-corrected chi connectivity index (χ4v) is 3.81. The topological polar surface area (TPSA) is 76.1 Å². The van der Waals surface area contributed by atoms with Gasteiger partial charge < -0.3 is 0 Å². The standard InChI is InChI=1S/C15H12N2O3S2/c1-22(19,20)13-9-5-2-6-10(13)14(18)17-15-16-11-7-3-4-8-12(11)21-15/h2-9H,1H3,(H,16,17,18). The van der Waals surface area contributed by atoms with Crippen molar-refractivity contribution >= 4 is 42.4 Å². The molecule has 112 valence electrons. The van der Waals surface area contributed by atoms with Crippen molar-refractivity contribution in [3.8, 4) is 0 Å². The number of thiazole rings is 1. The van der Waals surface area contributed by atoms with Gasteiger partial charge in [-0.25, -0.2) is 13.4 Å². The third-order valence-electron chi connectivity index (χ3n) is 3.05. The van der Waals surface area contributed by atoms with E-state index in [2.05, 4.69) is 10.3 Å². The minimum absolute atomic E-state index is 0.00797. The molecule has 0 bridgehead atoms. The number of carbonyl (C=O) groups excluding carboxylic acids is 1. The zero-order valence-electron chi connectivity index (χ0n) is 11.6. The van der Waals surface area contributed by atoms with Crippen LogP contribution in [0.15, 0.2) is 53.4 Å². The molecule has 1 heterocycles. The summed E-state index contributed by atoms with van der Waals surface area (Å²) in [6.07, 6.45) is 1.08. The average Bonchev–Trinajstić information content (AvgIpc) is 2.88. The fourth-order valence-electron chi connectivity index (χ4n) is 2.07. The molecule has 0 saturated carbocycles. The van der Waals surface area contributed by atoms with Gasteiger partial charge in [-0.1, -0.05) is 35.6 Å². The summed E-state index contributed by atoms with van der Waals surface area (Å²) in [5.41, 5.74) is 0.906. The zero-order valence-corrected chi connectivity index (χ0v) is 13.2. The van der Waals surface area contributed by atoms with Crippen molar-refractivity contribution in [2.24, 2.45) is 0 Å². The van der Waals surface area contributed by atoms with Crippen molar-refractivity contribution in [3.63, 3.8) is 0 Å². The second kappa shape index (κ2) is 5.51. The first-order chi connectivity index (χ1) is 10.4. The number of amides is 1. The predicted octanol–water partition coefficient (Wildman–Crippen LogP) is 2.95. The zero-order chi connectivity index (χ0) is 15.7. The highest BCUT2D eigenvalue weighted by Crippen LogP contribution is 2.26. The molecule has 0 atom stereocenters. The minimum atomic E-state index is -3.47. The van der Waals surface area contributed by atoms with Gasteiger partial charge in [-0.05, 0) is 24.3 Å². The molecule has 0 fully saturated rings. The molecule has 22 heavy (non-hydrogen) atoms. The molecule has 3 aromatic rings. The lowest BCUT2D eigenvalue weighted by Gasteiger charge is -2.06. The van der Waals surface area contributed by atoms with Crippen molar-refractivity contribution in [1.82, 2.24) is 4.98 Å². The second-order valence-electron chi connectivity index (χ2n) is 4.71. The van der Waals surface area contributed by atoms with E-state index in [1.807, 2.05) is 24.3 Å². The Kier molecular flexibility index (Phi) is 3.67. The summed E-state index contributed by atoms with van der Waals surface area (Å²) in [6.45, 7) is 0. The summed E-state index contributed by atoms with van der Waals surface area (Å²) in [4.78, 5) is 16.7. The van der Waals surface area contributed by atoms with E-state index >= 15 is 0 Å². The molecule has 0 unspecified atom stereocenters. The number of sulfone groups is 1. The van der Waals surface area contributed by atoms with Gasteiger partial charge in [-0.3, -0.25) is 10.1 Å². The summed E-state index contributed by atoms with van der Waals surface area (Å²) in [6, 6.07) is 13.6. The number of hydrogen-bond acceptors (Lipinski definition) is 5. The van der Waals surface area contributed by atoms with Crippen molar-refractivity contribution < 1.29 is 13.2 Å². The molecule has 0 aliphatic heterocycles.